The SMILES string of the molecule is O=C1C[C@H](c2ccc[nH]c2=O)c2c(ccc3nn(-c4ccccc4)nc23)N1. The van der Waals surface area contributed by atoms with Gasteiger partial charge in [-0.15, -0.1) is 10.2 Å². The van der Waals surface area contributed by atoms with E-state index in [0.29, 0.717) is 22.3 Å². The summed E-state index contributed by atoms with van der Waals surface area (Å²) in [5.74, 6) is -0.492. The number of hydrogen-bond donors (Lipinski definition) is 2. The van der Waals surface area contributed by atoms with Crippen molar-refractivity contribution >= 4 is 22.6 Å². The number of carbonyl (C=O) groups excluding carboxylic acids is 1. The summed E-state index contributed by atoms with van der Waals surface area (Å²) in [4.78, 5) is 28.9. The number of amides is 1. The summed E-state index contributed by atoms with van der Waals surface area (Å²) in [5.41, 5.74) is 4.09. The highest BCUT2D eigenvalue weighted by atomic mass is 16.1. The van der Waals surface area contributed by atoms with Crippen LogP contribution in [0.15, 0.2) is 65.6 Å². The maximum Gasteiger partial charge on any atom is 0.251 e. The number of carbonyl (C=O) groups is 1. The van der Waals surface area contributed by atoms with Crippen LogP contribution in [-0.2, 0) is 4.79 Å². The van der Waals surface area contributed by atoms with Crippen molar-refractivity contribution in [2.75, 3.05) is 5.32 Å². The van der Waals surface area contributed by atoms with Crippen molar-refractivity contribution in [2.45, 2.75) is 12.3 Å². The first-order chi connectivity index (χ1) is 13.2. The summed E-state index contributed by atoms with van der Waals surface area (Å²) in [5, 5.41) is 12.1. The number of fused-ring (bicyclic) bond motifs is 3. The summed E-state index contributed by atoms with van der Waals surface area (Å²) < 4.78 is 0. The van der Waals surface area contributed by atoms with Gasteiger partial charge in [0, 0.05) is 35.3 Å². The van der Waals surface area contributed by atoms with E-state index in [-0.39, 0.29) is 23.8 Å². The van der Waals surface area contributed by atoms with Crippen LogP contribution in [0.2, 0.25) is 0 Å². The number of benzene rings is 2. The molecular weight excluding hydrogens is 342 g/mol. The first kappa shape index (κ1) is 15.5. The largest absolute Gasteiger partial charge is 0.329 e. The number of nitrogens with one attached hydrogen (secondary N) is 2. The fraction of sp³-hybridized carbons (Fsp3) is 0.100. The maximum absolute atomic E-state index is 12.4. The van der Waals surface area contributed by atoms with Crippen molar-refractivity contribution in [3.8, 4) is 5.69 Å². The molecule has 7 nitrogen and oxygen atoms in total. The van der Waals surface area contributed by atoms with Gasteiger partial charge in [0.1, 0.15) is 11.0 Å². The Bertz CT molecular complexity index is 1230. The molecular formula is C20H15N5O2. The van der Waals surface area contributed by atoms with E-state index in [1.54, 1.807) is 23.1 Å². The molecule has 2 aromatic heterocycles. The Labute approximate surface area is 153 Å². The Morgan fingerprint density at radius 2 is 1.81 bits per heavy atom. The highest BCUT2D eigenvalue weighted by molar-refractivity contribution is 5.99. The van der Waals surface area contributed by atoms with Crippen LogP contribution in [0.1, 0.15) is 23.5 Å². The minimum absolute atomic E-state index is 0.120. The number of aromatic amines is 1. The lowest BCUT2D eigenvalue weighted by molar-refractivity contribution is -0.116. The molecule has 0 bridgehead atoms. The van der Waals surface area contributed by atoms with Gasteiger partial charge in [-0.3, -0.25) is 9.59 Å². The molecule has 0 spiro atoms. The van der Waals surface area contributed by atoms with Gasteiger partial charge in [0.25, 0.3) is 5.56 Å². The summed E-state index contributed by atoms with van der Waals surface area (Å²) in [7, 11) is 0. The van der Waals surface area contributed by atoms with Crippen molar-refractivity contribution in [1.82, 2.24) is 20.0 Å². The smallest absolute Gasteiger partial charge is 0.251 e. The number of pyridine rings is 1. The molecule has 5 rings (SSSR count). The van der Waals surface area contributed by atoms with E-state index in [4.69, 9.17) is 0 Å². The van der Waals surface area contributed by atoms with Gasteiger partial charge in [-0.25, -0.2) is 0 Å². The summed E-state index contributed by atoms with van der Waals surface area (Å²) in [6.07, 6.45) is 1.78. The van der Waals surface area contributed by atoms with Gasteiger partial charge in [-0.1, -0.05) is 24.3 Å². The van der Waals surface area contributed by atoms with Gasteiger partial charge in [0.2, 0.25) is 5.91 Å². The second kappa shape index (κ2) is 5.91. The van der Waals surface area contributed by atoms with Crippen molar-refractivity contribution < 1.29 is 4.79 Å². The average molecular weight is 357 g/mol. The third-order valence-corrected chi connectivity index (χ3v) is 4.82. The number of aromatic nitrogens is 4. The molecule has 0 unspecified atom stereocenters. The van der Waals surface area contributed by atoms with Crippen LogP contribution < -0.4 is 10.9 Å². The molecule has 4 aromatic rings. The summed E-state index contributed by atoms with van der Waals surface area (Å²) in [6.45, 7) is 0. The lowest BCUT2D eigenvalue weighted by Crippen LogP contribution is -2.27. The molecule has 0 radical (unpaired) electrons. The molecule has 1 atom stereocenters. The Kier molecular flexibility index (Phi) is 3.39. The Morgan fingerprint density at radius 1 is 0.963 bits per heavy atom. The average Bonchev–Trinajstić information content (AvgIpc) is 3.13. The minimum Gasteiger partial charge on any atom is -0.329 e. The zero-order chi connectivity index (χ0) is 18.4. The highest BCUT2D eigenvalue weighted by Crippen LogP contribution is 2.39. The van der Waals surface area contributed by atoms with Crippen LogP contribution in [0.3, 0.4) is 0 Å². The molecule has 1 aliphatic heterocycles. The molecule has 2 aromatic carbocycles. The number of anilines is 1. The second-order valence-electron chi connectivity index (χ2n) is 6.48. The van der Waals surface area contributed by atoms with Crippen molar-refractivity contribution in [3.05, 3.63) is 82.3 Å². The van der Waals surface area contributed by atoms with E-state index in [0.717, 1.165) is 11.3 Å². The van der Waals surface area contributed by atoms with Gasteiger partial charge in [-0.2, -0.15) is 4.80 Å². The molecule has 0 aliphatic carbocycles. The Hall–Kier alpha value is -3.74. The number of H-pyrrole nitrogens is 1. The number of nitrogens with zero attached hydrogens (tertiary/aromatic N) is 3. The third-order valence-electron chi connectivity index (χ3n) is 4.82. The molecule has 1 amide bonds. The third kappa shape index (κ3) is 2.52. The molecule has 0 saturated heterocycles. The molecule has 7 heteroatoms. The number of rotatable bonds is 2. The minimum atomic E-state index is -0.372. The van der Waals surface area contributed by atoms with Crippen LogP contribution >= 0.6 is 0 Å². The predicted octanol–water partition coefficient (Wildman–Crippen LogP) is 2.58. The summed E-state index contributed by atoms with van der Waals surface area (Å²) >= 11 is 0. The molecule has 2 N–H and O–H groups in total. The zero-order valence-electron chi connectivity index (χ0n) is 14.2. The predicted molar refractivity (Wildman–Crippen MR) is 101 cm³/mol. The second-order valence-corrected chi connectivity index (χ2v) is 6.48. The Balaban J connectivity index is 1.76. The number of hydrogen-bond acceptors (Lipinski definition) is 4. The van der Waals surface area contributed by atoms with Gasteiger partial charge in [-0.05, 0) is 30.3 Å². The standard InChI is InChI=1S/C20H15N5O2/c26-17-11-14(13-7-4-10-21-20(13)27)18-15(22-17)8-9-16-19(18)24-25(23-16)12-5-2-1-3-6-12/h1-10,14H,11H2,(H,21,27)(H,22,26)/t14-/m1/s1. The first-order valence-corrected chi connectivity index (χ1v) is 8.63. The van der Waals surface area contributed by atoms with Crippen LogP contribution in [-0.4, -0.2) is 25.9 Å². The van der Waals surface area contributed by atoms with E-state index in [1.807, 2.05) is 42.5 Å². The van der Waals surface area contributed by atoms with Crippen LogP contribution in [0.25, 0.3) is 16.7 Å². The maximum atomic E-state index is 12.4. The number of para-hydroxylation sites is 1. The van der Waals surface area contributed by atoms with Crippen molar-refractivity contribution in [3.63, 3.8) is 0 Å². The van der Waals surface area contributed by atoms with E-state index in [2.05, 4.69) is 20.5 Å². The van der Waals surface area contributed by atoms with E-state index in [9.17, 15) is 9.59 Å². The molecule has 1 aliphatic rings. The summed E-state index contributed by atoms with van der Waals surface area (Å²) in [6, 6.07) is 16.8. The lowest BCUT2D eigenvalue weighted by atomic mass is 9.84. The molecule has 3 heterocycles. The molecule has 132 valence electrons. The van der Waals surface area contributed by atoms with Gasteiger partial charge < -0.3 is 10.3 Å². The van der Waals surface area contributed by atoms with Gasteiger partial charge >= 0.3 is 0 Å². The first-order valence-electron chi connectivity index (χ1n) is 8.63. The van der Waals surface area contributed by atoms with E-state index >= 15 is 0 Å². The van der Waals surface area contributed by atoms with Gasteiger partial charge in [0.15, 0.2) is 0 Å². The van der Waals surface area contributed by atoms with Crippen LogP contribution in [0, 0.1) is 0 Å². The lowest BCUT2D eigenvalue weighted by Gasteiger charge is -2.25. The quantitative estimate of drug-likeness (QED) is 0.577. The van der Waals surface area contributed by atoms with E-state index < -0.39 is 0 Å². The normalized spacial score (nSPS) is 16.1. The van der Waals surface area contributed by atoms with Crippen LogP contribution in [0.5, 0.6) is 0 Å². The fourth-order valence-corrected chi connectivity index (χ4v) is 3.60. The topological polar surface area (TPSA) is 92.7 Å². The monoisotopic (exact) mass is 357 g/mol. The van der Waals surface area contributed by atoms with Crippen LogP contribution in [0.4, 0.5) is 5.69 Å². The zero-order valence-corrected chi connectivity index (χ0v) is 14.2. The molecule has 0 saturated carbocycles. The van der Waals surface area contributed by atoms with E-state index in [1.165, 1.54) is 0 Å². The Morgan fingerprint density at radius 3 is 2.63 bits per heavy atom. The van der Waals surface area contributed by atoms with Crippen molar-refractivity contribution in [2.24, 2.45) is 0 Å². The molecule has 27 heavy (non-hydrogen) atoms. The molecule has 0 fully saturated rings. The highest BCUT2D eigenvalue weighted by Gasteiger charge is 2.31. The fourth-order valence-electron chi connectivity index (χ4n) is 3.60. The van der Waals surface area contributed by atoms with Crippen molar-refractivity contribution in [1.29, 1.82) is 0 Å². The van der Waals surface area contributed by atoms with Gasteiger partial charge in [0.05, 0.1) is 5.69 Å².